The maximum atomic E-state index is 14.8. The van der Waals surface area contributed by atoms with E-state index in [-0.39, 0.29) is 29.6 Å². The summed E-state index contributed by atoms with van der Waals surface area (Å²) in [5, 5.41) is 5.81. The van der Waals surface area contributed by atoms with Crippen LogP contribution < -0.4 is 22.1 Å². The lowest BCUT2D eigenvalue weighted by Crippen LogP contribution is -2.65. The number of nitrogens with two attached hydrogens (primary N) is 2. The van der Waals surface area contributed by atoms with E-state index in [1.807, 2.05) is 42.2 Å². The number of hydrazine groups is 2. The summed E-state index contributed by atoms with van der Waals surface area (Å²) in [5.74, 6) is 10.2. The third-order valence-corrected chi connectivity index (χ3v) is 6.44. The molecule has 5 rings (SSSR count). The van der Waals surface area contributed by atoms with Gasteiger partial charge < -0.3 is 9.88 Å². The molecular formula is C24H27FN10O2. The quantitative estimate of drug-likeness (QED) is 0.0930. The van der Waals surface area contributed by atoms with E-state index in [2.05, 4.69) is 20.5 Å². The van der Waals surface area contributed by atoms with Crippen molar-refractivity contribution in [2.45, 2.75) is 13.2 Å². The molecule has 4 heterocycles. The molecule has 1 fully saturated rings. The fourth-order valence-electron chi connectivity index (χ4n) is 4.51. The third-order valence-electron chi connectivity index (χ3n) is 6.44. The topological polar surface area (TPSA) is 154 Å². The van der Waals surface area contributed by atoms with Gasteiger partial charge in [0.05, 0.1) is 34.0 Å². The molecule has 1 aliphatic rings. The van der Waals surface area contributed by atoms with Gasteiger partial charge in [-0.1, -0.05) is 18.2 Å². The van der Waals surface area contributed by atoms with Crippen molar-refractivity contribution in [2.24, 2.45) is 11.7 Å². The Balaban J connectivity index is 1.31. The van der Waals surface area contributed by atoms with E-state index in [1.54, 1.807) is 12.3 Å². The molecule has 1 atom stereocenters. The molecule has 13 heteroatoms. The summed E-state index contributed by atoms with van der Waals surface area (Å²) in [7, 11) is 0. The number of aromatic nitrogens is 4. The SMILES string of the molecule is Cc1ccn(-c2ncc(F)c3c(C(=O)C(=O)N4CCN(C(NN)N(N)c5ccccc5)CC4)c[nH]c23)n1. The molecule has 0 aliphatic carbocycles. The number of anilines is 1. The Kier molecular flexibility index (Phi) is 6.67. The van der Waals surface area contributed by atoms with E-state index >= 15 is 0 Å². The van der Waals surface area contributed by atoms with Crippen LogP contribution in [0.2, 0.25) is 0 Å². The van der Waals surface area contributed by atoms with E-state index in [9.17, 15) is 14.0 Å². The van der Waals surface area contributed by atoms with Gasteiger partial charge in [-0.15, -0.1) is 0 Å². The summed E-state index contributed by atoms with van der Waals surface area (Å²) in [6.45, 7) is 3.20. The number of carbonyl (C=O) groups is 2. The first-order chi connectivity index (χ1) is 17.9. The summed E-state index contributed by atoms with van der Waals surface area (Å²) in [4.78, 5) is 36.8. The Hall–Kier alpha value is -4.17. The van der Waals surface area contributed by atoms with Crippen molar-refractivity contribution in [2.75, 3.05) is 31.2 Å². The molecule has 0 saturated carbocycles. The first-order valence-corrected chi connectivity index (χ1v) is 11.7. The standard InChI is InChI=1S/C24H27FN10O2/c1-15-7-8-34(31-15)22-20-19(18(25)14-29-22)17(13-28-20)21(36)23(37)32-9-11-33(12-10-32)24(30-26)35(27)16-5-3-2-4-6-16/h2-8,13-14,24,28,30H,9-12,26-27H2,1H3. The Labute approximate surface area is 211 Å². The van der Waals surface area contributed by atoms with E-state index in [1.165, 1.54) is 20.8 Å². The van der Waals surface area contributed by atoms with Gasteiger partial charge >= 0.3 is 0 Å². The van der Waals surface area contributed by atoms with Crippen LogP contribution in [-0.4, -0.2) is 73.7 Å². The molecule has 192 valence electrons. The molecule has 0 bridgehead atoms. The van der Waals surface area contributed by atoms with Crippen molar-refractivity contribution in [3.63, 3.8) is 0 Å². The molecule has 3 aromatic heterocycles. The number of fused-ring (bicyclic) bond motifs is 1. The average molecular weight is 507 g/mol. The van der Waals surface area contributed by atoms with Gasteiger partial charge in [-0.3, -0.25) is 25.3 Å². The minimum absolute atomic E-state index is 0.00386. The molecule has 1 unspecified atom stereocenters. The zero-order valence-electron chi connectivity index (χ0n) is 20.1. The van der Waals surface area contributed by atoms with Gasteiger partial charge in [0, 0.05) is 38.6 Å². The van der Waals surface area contributed by atoms with Gasteiger partial charge in [-0.05, 0) is 25.1 Å². The highest BCUT2D eigenvalue weighted by Gasteiger charge is 2.32. The lowest BCUT2D eigenvalue weighted by atomic mass is 10.1. The number of rotatable bonds is 7. The van der Waals surface area contributed by atoms with Crippen LogP contribution in [0.15, 0.2) is 55.0 Å². The van der Waals surface area contributed by atoms with Gasteiger partial charge in [-0.2, -0.15) is 5.10 Å². The second-order valence-electron chi connectivity index (χ2n) is 8.72. The molecule has 37 heavy (non-hydrogen) atoms. The number of benzene rings is 1. The van der Waals surface area contributed by atoms with Crippen molar-refractivity contribution >= 4 is 28.3 Å². The number of H-pyrrole nitrogens is 1. The molecule has 0 radical (unpaired) electrons. The predicted octanol–water partition coefficient (Wildman–Crippen LogP) is 0.650. The van der Waals surface area contributed by atoms with Crippen molar-refractivity contribution < 1.29 is 14.0 Å². The number of Topliss-reactive ketones (excluding diaryl/α,β-unsaturated/α-hetero) is 1. The Morgan fingerprint density at radius 2 is 1.89 bits per heavy atom. The number of nitrogens with one attached hydrogen (secondary N) is 2. The average Bonchev–Trinajstić information content (AvgIpc) is 3.57. The molecule has 12 nitrogen and oxygen atoms in total. The first-order valence-electron chi connectivity index (χ1n) is 11.7. The molecule has 6 N–H and O–H groups in total. The Morgan fingerprint density at radius 1 is 1.16 bits per heavy atom. The smallest absolute Gasteiger partial charge is 0.295 e. The maximum Gasteiger partial charge on any atom is 0.295 e. The number of aromatic amines is 1. The normalized spacial score (nSPS) is 15.2. The number of pyridine rings is 1. The van der Waals surface area contributed by atoms with Crippen LogP contribution in [0, 0.1) is 12.7 Å². The fraction of sp³-hybridized carbons (Fsp3) is 0.250. The number of hydrogen-bond acceptors (Lipinski definition) is 9. The predicted molar refractivity (Wildman–Crippen MR) is 135 cm³/mol. The van der Waals surface area contributed by atoms with Gasteiger partial charge in [0.1, 0.15) is 0 Å². The van der Waals surface area contributed by atoms with Gasteiger partial charge in [0.15, 0.2) is 17.9 Å². The number of para-hydroxylation sites is 1. The number of ketones is 1. The molecule has 1 aromatic carbocycles. The number of halogens is 1. The summed E-state index contributed by atoms with van der Waals surface area (Å²) in [5.41, 5.74) is 4.45. The van der Waals surface area contributed by atoms with E-state index in [0.717, 1.165) is 17.6 Å². The van der Waals surface area contributed by atoms with Crippen LogP contribution in [0.3, 0.4) is 0 Å². The van der Waals surface area contributed by atoms with Crippen molar-refractivity contribution in [3.05, 3.63) is 72.1 Å². The largest absolute Gasteiger partial charge is 0.357 e. The lowest BCUT2D eigenvalue weighted by molar-refractivity contribution is -0.128. The minimum atomic E-state index is -0.800. The van der Waals surface area contributed by atoms with Crippen molar-refractivity contribution in [1.82, 2.24) is 35.0 Å². The van der Waals surface area contributed by atoms with Crippen LogP contribution in [0.25, 0.3) is 16.7 Å². The molecule has 1 saturated heterocycles. The number of amides is 1. The summed E-state index contributed by atoms with van der Waals surface area (Å²) in [6.07, 6.45) is 3.53. The van der Waals surface area contributed by atoms with E-state index in [4.69, 9.17) is 11.7 Å². The number of carbonyl (C=O) groups excluding carboxylic acids is 2. The number of aryl methyl sites for hydroxylation is 1. The molecule has 0 spiro atoms. The van der Waals surface area contributed by atoms with Crippen molar-refractivity contribution in [3.8, 4) is 5.82 Å². The molecular weight excluding hydrogens is 479 g/mol. The fourth-order valence-corrected chi connectivity index (χ4v) is 4.51. The van der Waals surface area contributed by atoms with E-state index in [0.29, 0.717) is 18.9 Å². The second-order valence-corrected chi connectivity index (χ2v) is 8.72. The zero-order chi connectivity index (χ0) is 26.1. The molecule has 1 amide bonds. The number of piperazine rings is 1. The Morgan fingerprint density at radius 3 is 2.54 bits per heavy atom. The maximum absolute atomic E-state index is 14.8. The molecule has 1 aliphatic heterocycles. The summed E-state index contributed by atoms with van der Waals surface area (Å²) in [6, 6.07) is 11.1. The van der Waals surface area contributed by atoms with Crippen LogP contribution in [-0.2, 0) is 4.79 Å². The third kappa shape index (κ3) is 4.56. The minimum Gasteiger partial charge on any atom is -0.357 e. The van der Waals surface area contributed by atoms with Crippen LogP contribution >= 0.6 is 0 Å². The summed E-state index contributed by atoms with van der Waals surface area (Å²) < 4.78 is 16.3. The highest BCUT2D eigenvalue weighted by molar-refractivity contribution is 6.45. The number of nitrogens with zero attached hydrogens (tertiary/aromatic N) is 6. The zero-order valence-corrected chi connectivity index (χ0v) is 20.1. The van der Waals surface area contributed by atoms with Crippen molar-refractivity contribution in [1.29, 1.82) is 0 Å². The van der Waals surface area contributed by atoms with Crippen LogP contribution in [0.5, 0.6) is 0 Å². The lowest BCUT2D eigenvalue weighted by Gasteiger charge is -2.42. The van der Waals surface area contributed by atoms with Crippen LogP contribution in [0.1, 0.15) is 16.1 Å². The molecule has 4 aromatic rings. The highest BCUT2D eigenvalue weighted by Crippen LogP contribution is 2.26. The first kappa shape index (κ1) is 24.5. The van der Waals surface area contributed by atoms with Gasteiger partial charge in [0.25, 0.3) is 11.7 Å². The summed E-state index contributed by atoms with van der Waals surface area (Å²) >= 11 is 0. The highest BCUT2D eigenvalue weighted by atomic mass is 19.1. The Bertz CT molecular complexity index is 1430. The van der Waals surface area contributed by atoms with Gasteiger partial charge in [-0.25, -0.2) is 25.3 Å². The van der Waals surface area contributed by atoms with Crippen LogP contribution in [0.4, 0.5) is 10.1 Å². The van der Waals surface area contributed by atoms with Gasteiger partial charge in [0.2, 0.25) is 0 Å². The second kappa shape index (κ2) is 10.1. The monoisotopic (exact) mass is 506 g/mol. The number of hydrogen-bond donors (Lipinski definition) is 4. The van der Waals surface area contributed by atoms with E-state index < -0.39 is 23.8 Å².